The summed E-state index contributed by atoms with van der Waals surface area (Å²) >= 11 is 0. The summed E-state index contributed by atoms with van der Waals surface area (Å²) < 4.78 is 0. The highest BCUT2D eigenvalue weighted by Crippen LogP contribution is 2.60. The van der Waals surface area contributed by atoms with E-state index in [9.17, 15) is 4.79 Å². The second kappa shape index (κ2) is 7.32. The Morgan fingerprint density at radius 1 is 1.08 bits per heavy atom. The van der Waals surface area contributed by atoms with E-state index in [2.05, 4.69) is 36.2 Å². The molecule has 1 amide bonds. The van der Waals surface area contributed by atoms with E-state index in [4.69, 9.17) is 5.21 Å². The standard InChI is InChI=1S/C22H32N2O2/c1-24(14-17-4-2-16(3-5-17)6-7-21(25)23-26)15-22-11-18-8-19(12-22)10-20(9-18)13-22/h2-5,18-20,26H,6-15H2,1H3,(H,23,25). The monoisotopic (exact) mass is 356 g/mol. The van der Waals surface area contributed by atoms with Crippen LogP contribution in [0.25, 0.3) is 0 Å². The van der Waals surface area contributed by atoms with Gasteiger partial charge in [-0.3, -0.25) is 10.0 Å². The van der Waals surface area contributed by atoms with Gasteiger partial charge < -0.3 is 4.90 Å². The van der Waals surface area contributed by atoms with Crippen LogP contribution in [-0.4, -0.2) is 29.6 Å². The van der Waals surface area contributed by atoms with Crippen molar-refractivity contribution in [3.8, 4) is 0 Å². The van der Waals surface area contributed by atoms with Crippen molar-refractivity contribution in [2.75, 3.05) is 13.6 Å². The van der Waals surface area contributed by atoms with E-state index < -0.39 is 0 Å². The molecule has 0 unspecified atom stereocenters. The summed E-state index contributed by atoms with van der Waals surface area (Å²) in [7, 11) is 2.28. The number of carbonyl (C=O) groups excluding carboxylic acids is 1. The minimum atomic E-state index is -0.329. The van der Waals surface area contributed by atoms with Crippen molar-refractivity contribution >= 4 is 5.91 Å². The molecule has 4 aliphatic rings. The van der Waals surface area contributed by atoms with Gasteiger partial charge in [-0.1, -0.05) is 24.3 Å². The van der Waals surface area contributed by atoms with Crippen molar-refractivity contribution < 1.29 is 10.0 Å². The summed E-state index contributed by atoms with van der Waals surface area (Å²) in [5, 5.41) is 8.57. The lowest BCUT2D eigenvalue weighted by atomic mass is 9.49. The summed E-state index contributed by atoms with van der Waals surface area (Å²) in [5.74, 6) is 2.73. The van der Waals surface area contributed by atoms with E-state index in [-0.39, 0.29) is 5.91 Å². The van der Waals surface area contributed by atoms with Crippen molar-refractivity contribution in [1.82, 2.24) is 10.4 Å². The smallest absolute Gasteiger partial charge is 0.243 e. The highest BCUT2D eigenvalue weighted by Gasteiger charge is 2.50. The summed E-state index contributed by atoms with van der Waals surface area (Å²) in [6.45, 7) is 2.24. The Labute approximate surface area is 156 Å². The molecule has 0 saturated heterocycles. The van der Waals surface area contributed by atoms with E-state index in [1.807, 2.05) is 0 Å². The Morgan fingerprint density at radius 2 is 1.62 bits per heavy atom. The highest BCUT2D eigenvalue weighted by molar-refractivity contribution is 5.74. The maximum absolute atomic E-state index is 11.1. The fourth-order valence-electron chi connectivity index (χ4n) is 6.55. The zero-order valence-electron chi connectivity index (χ0n) is 15.9. The average Bonchev–Trinajstić information content (AvgIpc) is 2.59. The van der Waals surface area contributed by atoms with Gasteiger partial charge >= 0.3 is 0 Å². The van der Waals surface area contributed by atoms with Gasteiger partial charge in [-0.2, -0.15) is 0 Å². The molecule has 0 radical (unpaired) electrons. The van der Waals surface area contributed by atoms with Gasteiger partial charge in [-0.25, -0.2) is 5.48 Å². The number of benzene rings is 1. The number of carbonyl (C=O) groups is 1. The Hall–Kier alpha value is -1.39. The number of hydrogen-bond donors (Lipinski definition) is 2. The van der Waals surface area contributed by atoms with Gasteiger partial charge in [0, 0.05) is 19.5 Å². The number of nitrogens with zero attached hydrogens (tertiary/aromatic N) is 1. The molecule has 1 aromatic rings. The Kier molecular flexibility index (Phi) is 5.07. The van der Waals surface area contributed by atoms with Crippen molar-refractivity contribution in [3.63, 3.8) is 0 Å². The molecule has 5 rings (SSSR count). The normalized spacial score (nSPS) is 32.2. The molecule has 4 aliphatic carbocycles. The molecule has 0 heterocycles. The van der Waals surface area contributed by atoms with Crippen LogP contribution in [0.3, 0.4) is 0 Å². The largest absolute Gasteiger partial charge is 0.302 e. The molecule has 4 saturated carbocycles. The Balaban J connectivity index is 1.31. The van der Waals surface area contributed by atoms with Crippen molar-refractivity contribution in [3.05, 3.63) is 35.4 Å². The van der Waals surface area contributed by atoms with Crippen LogP contribution in [0.1, 0.15) is 56.1 Å². The van der Waals surface area contributed by atoms with E-state index >= 15 is 0 Å². The quantitative estimate of drug-likeness (QED) is 0.577. The fourth-order valence-corrected chi connectivity index (χ4v) is 6.55. The summed E-state index contributed by atoms with van der Waals surface area (Å²) in [4.78, 5) is 13.7. The lowest BCUT2D eigenvalue weighted by Gasteiger charge is -2.57. The van der Waals surface area contributed by atoms with Gasteiger partial charge in [-0.05, 0) is 86.3 Å². The van der Waals surface area contributed by atoms with Crippen LogP contribution in [0.2, 0.25) is 0 Å². The predicted octanol–water partition coefficient (Wildman–Crippen LogP) is 3.77. The van der Waals surface area contributed by atoms with Crippen LogP contribution in [0.4, 0.5) is 0 Å². The van der Waals surface area contributed by atoms with Crippen LogP contribution in [0.15, 0.2) is 24.3 Å². The maximum atomic E-state index is 11.1. The molecule has 4 bridgehead atoms. The van der Waals surface area contributed by atoms with Gasteiger partial charge in [0.05, 0.1) is 0 Å². The third kappa shape index (κ3) is 3.96. The second-order valence-corrected chi connectivity index (χ2v) is 9.44. The molecule has 26 heavy (non-hydrogen) atoms. The second-order valence-electron chi connectivity index (χ2n) is 9.44. The van der Waals surface area contributed by atoms with Gasteiger partial charge in [0.15, 0.2) is 0 Å². The molecule has 4 fully saturated rings. The molecular weight excluding hydrogens is 324 g/mol. The number of nitrogens with one attached hydrogen (secondary N) is 1. The SMILES string of the molecule is CN(Cc1ccc(CCC(=O)NO)cc1)CC12CC3CC(CC(C3)C1)C2. The first-order valence-corrected chi connectivity index (χ1v) is 10.2. The third-order valence-corrected chi connectivity index (χ3v) is 7.01. The molecule has 0 aromatic heterocycles. The number of amides is 1. The van der Waals surface area contributed by atoms with E-state index in [0.717, 1.165) is 29.9 Å². The van der Waals surface area contributed by atoms with Crippen LogP contribution in [0.5, 0.6) is 0 Å². The Bertz CT molecular complexity index is 605. The molecule has 0 aliphatic heterocycles. The first kappa shape index (κ1) is 18.0. The minimum Gasteiger partial charge on any atom is -0.302 e. The molecule has 0 spiro atoms. The van der Waals surface area contributed by atoms with Crippen LogP contribution >= 0.6 is 0 Å². The fraction of sp³-hybridized carbons (Fsp3) is 0.682. The van der Waals surface area contributed by atoms with Crippen LogP contribution in [-0.2, 0) is 17.8 Å². The molecule has 4 nitrogen and oxygen atoms in total. The van der Waals surface area contributed by atoms with Crippen LogP contribution < -0.4 is 5.48 Å². The number of aryl methyl sites for hydroxylation is 1. The molecular formula is C22H32N2O2. The molecule has 4 heteroatoms. The number of hydrogen-bond acceptors (Lipinski definition) is 3. The van der Waals surface area contributed by atoms with E-state index in [0.29, 0.717) is 18.3 Å². The zero-order valence-corrected chi connectivity index (χ0v) is 15.9. The van der Waals surface area contributed by atoms with Gasteiger partial charge in [0.25, 0.3) is 0 Å². The third-order valence-electron chi connectivity index (χ3n) is 7.01. The lowest BCUT2D eigenvalue weighted by Crippen LogP contribution is -2.50. The Morgan fingerprint density at radius 3 is 2.15 bits per heavy atom. The van der Waals surface area contributed by atoms with Gasteiger partial charge in [-0.15, -0.1) is 0 Å². The highest BCUT2D eigenvalue weighted by atomic mass is 16.5. The lowest BCUT2D eigenvalue weighted by molar-refractivity contribution is -0.129. The van der Waals surface area contributed by atoms with E-state index in [1.165, 1.54) is 50.6 Å². The average molecular weight is 357 g/mol. The molecule has 2 N–H and O–H groups in total. The number of rotatable bonds is 7. The summed E-state index contributed by atoms with van der Waals surface area (Å²) in [6, 6.07) is 8.59. The summed E-state index contributed by atoms with van der Waals surface area (Å²) in [6.07, 6.45) is 9.92. The zero-order chi connectivity index (χ0) is 18.1. The molecule has 0 atom stereocenters. The van der Waals surface area contributed by atoms with E-state index in [1.54, 1.807) is 5.48 Å². The van der Waals surface area contributed by atoms with Gasteiger partial charge in [0.2, 0.25) is 5.91 Å². The molecule has 142 valence electrons. The van der Waals surface area contributed by atoms with Crippen LogP contribution in [0, 0.1) is 23.2 Å². The van der Waals surface area contributed by atoms with Crippen molar-refractivity contribution in [2.24, 2.45) is 23.2 Å². The maximum Gasteiger partial charge on any atom is 0.243 e. The first-order valence-electron chi connectivity index (χ1n) is 10.2. The minimum absolute atomic E-state index is 0.321. The predicted molar refractivity (Wildman–Crippen MR) is 102 cm³/mol. The summed E-state index contributed by atoms with van der Waals surface area (Å²) in [5.41, 5.74) is 4.77. The molecule has 1 aromatic carbocycles. The van der Waals surface area contributed by atoms with Crippen molar-refractivity contribution in [2.45, 2.75) is 57.9 Å². The topological polar surface area (TPSA) is 52.6 Å². The van der Waals surface area contributed by atoms with Gasteiger partial charge in [0.1, 0.15) is 0 Å². The number of hydroxylamine groups is 1. The first-order chi connectivity index (χ1) is 12.5. The van der Waals surface area contributed by atoms with Crippen molar-refractivity contribution in [1.29, 1.82) is 0 Å².